The summed E-state index contributed by atoms with van der Waals surface area (Å²) in [5.74, 6) is -0.0544. The second kappa shape index (κ2) is 6.16. The largest absolute Gasteiger partial charge is 0.381 e. The molecule has 17 heavy (non-hydrogen) atoms. The Morgan fingerprint density at radius 1 is 1.41 bits per heavy atom. The molecule has 1 rings (SSSR count). The van der Waals surface area contributed by atoms with Crippen LogP contribution in [0, 0.1) is 0 Å². The molecule has 1 aliphatic rings. The summed E-state index contributed by atoms with van der Waals surface area (Å²) in [5.41, 5.74) is -0.453. The van der Waals surface area contributed by atoms with Crippen LogP contribution in [0.5, 0.6) is 0 Å². The molecule has 5 heteroatoms. The minimum absolute atomic E-state index is 0.0544. The van der Waals surface area contributed by atoms with Crippen LogP contribution in [0.25, 0.3) is 0 Å². The van der Waals surface area contributed by atoms with Gasteiger partial charge in [-0.2, -0.15) is 0 Å². The van der Waals surface area contributed by atoms with E-state index >= 15 is 0 Å². The summed E-state index contributed by atoms with van der Waals surface area (Å²) in [6, 6.07) is 0. The van der Waals surface area contributed by atoms with Crippen LogP contribution in [-0.2, 0) is 14.3 Å². The Morgan fingerprint density at radius 3 is 2.47 bits per heavy atom. The summed E-state index contributed by atoms with van der Waals surface area (Å²) < 4.78 is 10.8. The fraction of sp³-hybridized carbons (Fsp3) is 0.917. The van der Waals surface area contributed by atoms with Gasteiger partial charge in [0.15, 0.2) is 0 Å². The number of nitrogens with one attached hydrogen (secondary N) is 1. The van der Waals surface area contributed by atoms with Gasteiger partial charge in [-0.25, -0.2) is 0 Å². The van der Waals surface area contributed by atoms with Crippen molar-refractivity contribution >= 4 is 21.8 Å². The Balaban J connectivity index is 2.42. The molecule has 0 spiro atoms. The van der Waals surface area contributed by atoms with E-state index in [1.165, 1.54) is 0 Å². The predicted molar refractivity (Wildman–Crippen MR) is 70.4 cm³/mol. The topological polar surface area (TPSA) is 47.6 Å². The van der Waals surface area contributed by atoms with Gasteiger partial charge in [-0.3, -0.25) is 4.79 Å². The maximum Gasteiger partial charge on any atom is 0.246 e. The number of carbonyl (C=O) groups is 1. The van der Waals surface area contributed by atoms with Crippen LogP contribution in [0.3, 0.4) is 0 Å². The number of ether oxygens (including phenoxy) is 2. The average molecular weight is 308 g/mol. The molecule has 1 aliphatic heterocycles. The number of amides is 1. The van der Waals surface area contributed by atoms with Crippen LogP contribution in [0.15, 0.2) is 0 Å². The van der Waals surface area contributed by atoms with Crippen molar-refractivity contribution in [2.24, 2.45) is 0 Å². The maximum atomic E-state index is 11.8. The van der Waals surface area contributed by atoms with Crippen LogP contribution in [0.2, 0.25) is 0 Å². The highest BCUT2D eigenvalue weighted by Gasteiger charge is 2.33. The summed E-state index contributed by atoms with van der Waals surface area (Å²) in [6.07, 6.45) is 1.69. The van der Waals surface area contributed by atoms with E-state index in [-0.39, 0.29) is 23.7 Å². The van der Waals surface area contributed by atoms with E-state index in [1.54, 1.807) is 0 Å². The van der Waals surface area contributed by atoms with Gasteiger partial charge in [0.1, 0.15) is 6.61 Å². The highest BCUT2D eigenvalue weighted by atomic mass is 79.9. The molecular formula is C12H22BrNO3. The fourth-order valence-corrected chi connectivity index (χ4v) is 2.37. The normalized spacial score (nSPS) is 20.0. The number of rotatable bonds is 4. The van der Waals surface area contributed by atoms with E-state index in [4.69, 9.17) is 9.47 Å². The number of alkyl halides is 1. The third-order valence-corrected chi connectivity index (χ3v) is 3.82. The molecule has 0 atom stereocenters. The monoisotopic (exact) mass is 307 g/mol. The number of halogens is 1. The van der Waals surface area contributed by atoms with Crippen molar-refractivity contribution in [1.82, 2.24) is 5.32 Å². The Bertz CT molecular complexity index is 257. The lowest BCUT2D eigenvalue weighted by Crippen LogP contribution is -2.54. The van der Waals surface area contributed by atoms with Crippen LogP contribution in [-0.4, -0.2) is 42.2 Å². The first-order valence-corrected chi connectivity index (χ1v) is 7.08. The molecule has 1 saturated heterocycles. The van der Waals surface area contributed by atoms with Crippen LogP contribution >= 0.6 is 15.9 Å². The first-order chi connectivity index (χ1) is 7.87. The number of hydrogen-bond acceptors (Lipinski definition) is 3. The molecule has 0 radical (unpaired) electrons. The zero-order valence-corrected chi connectivity index (χ0v) is 12.4. The van der Waals surface area contributed by atoms with Crippen LogP contribution in [0.4, 0.5) is 0 Å². The van der Waals surface area contributed by atoms with Crippen LogP contribution < -0.4 is 5.32 Å². The molecule has 100 valence electrons. The molecule has 0 saturated carbocycles. The Morgan fingerprint density at radius 2 is 2.00 bits per heavy atom. The molecule has 0 unspecified atom stereocenters. The van der Waals surface area contributed by atoms with Crippen molar-refractivity contribution in [1.29, 1.82) is 0 Å². The molecule has 0 aliphatic carbocycles. The standard InChI is InChI=1S/C12H22BrNO3/c1-11(2,3)17-8-10(15)14-12(9-13)4-6-16-7-5-12/h4-9H2,1-3H3,(H,14,15). The fourth-order valence-electron chi connectivity index (χ4n) is 1.67. The summed E-state index contributed by atoms with van der Waals surface area (Å²) in [6.45, 7) is 7.33. The SMILES string of the molecule is CC(C)(C)OCC(=O)NC1(CBr)CCOCC1. The van der Waals surface area contributed by atoms with E-state index < -0.39 is 0 Å². The molecule has 0 aromatic heterocycles. The first kappa shape index (κ1) is 14.9. The van der Waals surface area contributed by atoms with Gasteiger partial charge in [0.2, 0.25) is 5.91 Å². The second-order valence-corrected chi connectivity index (χ2v) is 6.04. The van der Waals surface area contributed by atoms with Crippen molar-refractivity contribution in [3.05, 3.63) is 0 Å². The molecule has 0 bridgehead atoms. The number of hydrogen-bond donors (Lipinski definition) is 1. The van der Waals surface area contributed by atoms with E-state index in [0.29, 0.717) is 13.2 Å². The van der Waals surface area contributed by atoms with Gasteiger partial charge in [-0.1, -0.05) is 15.9 Å². The van der Waals surface area contributed by atoms with E-state index in [2.05, 4.69) is 21.2 Å². The van der Waals surface area contributed by atoms with Crippen molar-refractivity contribution in [2.45, 2.75) is 44.8 Å². The smallest absolute Gasteiger partial charge is 0.246 e. The highest BCUT2D eigenvalue weighted by molar-refractivity contribution is 9.09. The van der Waals surface area contributed by atoms with Crippen molar-refractivity contribution < 1.29 is 14.3 Å². The van der Waals surface area contributed by atoms with Gasteiger partial charge in [0, 0.05) is 18.5 Å². The zero-order valence-electron chi connectivity index (χ0n) is 10.8. The summed E-state index contributed by atoms with van der Waals surface area (Å²) in [7, 11) is 0. The molecular weight excluding hydrogens is 286 g/mol. The van der Waals surface area contributed by atoms with Crippen LogP contribution in [0.1, 0.15) is 33.6 Å². The zero-order chi connectivity index (χ0) is 12.9. The first-order valence-electron chi connectivity index (χ1n) is 5.96. The summed E-state index contributed by atoms with van der Waals surface area (Å²) in [5, 5.41) is 3.82. The summed E-state index contributed by atoms with van der Waals surface area (Å²) >= 11 is 3.48. The number of carbonyl (C=O) groups excluding carboxylic acids is 1. The van der Waals surface area contributed by atoms with Gasteiger partial charge >= 0.3 is 0 Å². The second-order valence-electron chi connectivity index (χ2n) is 5.48. The third-order valence-electron chi connectivity index (χ3n) is 2.75. The van der Waals surface area contributed by atoms with Gasteiger partial charge in [-0.05, 0) is 33.6 Å². The minimum Gasteiger partial charge on any atom is -0.381 e. The van der Waals surface area contributed by atoms with Gasteiger partial charge in [0.05, 0.1) is 11.1 Å². The highest BCUT2D eigenvalue weighted by Crippen LogP contribution is 2.23. The average Bonchev–Trinajstić information content (AvgIpc) is 2.27. The molecule has 0 aromatic rings. The van der Waals surface area contributed by atoms with Crippen molar-refractivity contribution in [3.8, 4) is 0 Å². The van der Waals surface area contributed by atoms with E-state index in [0.717, 1.165) is 18.2 Å². The lowest BCUT2D eigenvalue weighted by molar-refractivity contribution is -0.133. The summed E-state index contributed by atoms with van der Waals surface area (Å²) in [4.78, 5) is 11.8. The molecule has 1 amide bonds. The molecule has 1 heterocycles. The quantitative estimate of drug-likeness (QED) is 0.807. The third kappa shape index (κ3) is 5.36. The van der Waals surface area contributed by atoms with E-state index in [9.17, 15) is 4.79 Å². The molecule has 4 nitrogen and oxygen atoms in total. The van der Waals surface area contributed by atoms with Crippen molar-refractivity contribution in [3.63, 3.8) is 0 Å². The lowest BCUT2D eigenvalue weighted by Gasteiger charge is -2.36. The Labute approximate surface area is 112 Å². The van der Waals surface area contributed by atoms with E-state index in [1.807, 2.05) is 20.8 Å². The molecule has 1 N–H and O–H groups in total. The Hall–Kier alpha value is -0.130. The van der Waals surface area contributed by atoms with Gasteiger partial charge in [0.25, 0.3) is 0 Å². The molecule has 1 fully saturated rings. The lowest BCUT2D eigenvalue weighted by atomic mass is 9.92. The Kier molecular flexibility index (Phi) is 5.41. The molecule has 0 aromatic carbocycles. The minimum atomic E-state index is -0.283. The van der Waals surface area contributed by atoms with Gasteiger partial charge in [-0.15, -0.1) is 0 Å². The maximum absolute atomic E-state index is 11.8. The van der Waals surface area contributed by atoms with Gasteiger partial charge < -0.3 is 14.8 Å². The predicted octanol–water partition coefficient (Wildman–Crippen LogP) is 1.86. The van der Waals surface area contributed by atoms with Crippen molar-refractivity contribution in [2.75, 3.05) is 25.2 Å².